The van der Waals surface area contributed by atoms with Crippen molar-refractivity contribution >= 4 is 23.2 Å². The van der Waals surface area contributed by atoms with Crippen molar-refractivity contribution < 1.29 is 9.84 Å². The fourth-order valence-electron chi connectivity index (χ4n) is 1.62. The van der Waals surface area contributed by atoms with Gasteiger partial charge < -0.3 is 9.84 Å². The largest absolute Gasteiger partial charge is 0.437 e. The van der Waals surface area contributed by atoms with Crippen molar-refractivity contribution in [2.24, 2.45) is 0 Å². The van der Waals surface area contributed by atoms with Crippen molar-refractivity contribution in [1.29, 1.82) is 0 Å². The van der Waals surface area contributed by atoms with Gasteiger partial charge in [0.15, 0.2) is 0 Å². The summed E-state index contributed by atoms with van der Waals surface area (Å²) in [6.07, 6.45) is 0.762. The molecule has 2 rings (SSSR count). The van der Waals surface area contributed by atoms with Crippen molar-refractivity contribution in [2.45, 2.75) is 20.0 Å². The number of ether oxygens (including phenoxy) is 1. The molecule has 0 fully saturated rings. The number of aliphatic hydroxyl groups excluding tert-OH is 1. The van der Waals surface area contributed by atoms with Crippen molar-refractivity contribution in [3.8, 4) is 11.6 Å². The third-order valence-corrected chi connectivity index (χ3v) is 3.10. The summed E-state index contributed by atoms with van der Waals surface area (Å²) < 4.78 is 5.64. The maximum atomic E-state index is 9.21. The second-order valence-electron chi connectivity index (χ2n) is 3.99. The van der Waals surface area contributed by atoms with E-state index in [-0.39, 0.29) is 6.61 Å². The van der Waals surface area contributed by atoms with Gasteiger partial charge in [0.25, 0.3) is 0 Å². The highest BCUT2D eigenvalue weighted by molar-refractivity contribution is 6.35. The molecule has 1 N–H and O–H groups in total. The predicted molar refractivity (Wildman–Crippen MR) is 76.1 cm³/mol. The van der Waals surface area contributed by atoms with Crippen LogP contribution in [0.3, 0.4) is 0 Å². The summed E-state index contributed by atoms with van der Waals surface area (Å²) in [5, 5.41) is 10.2. The van der Waals surface area contributed by atoms with Crippen LogP contribution in [0.15, 0.2) is 30.3 Å². The monoisotopic (exact) mass is 297 g/mol. The van der Waals surface area contributed by atoms with Gasteiger partial charge in [-0.05, 0) is 36.2 Å². The summed E-state index contributed by atoms with van der Waals surface area (Å²) in [7, 11) is 0. The van der Waals surface area contributed by atoms with Crippen LogP contribution in [0.4, 0.5) is 0 Å². The number of aliphatic hydroxyl groups is 1. The highest BCUT2D eigenvalue weighted by Crippen LogP contribution is 2.31. The molecule has 0 aliphatic heterocycles. The number of pyridine rings is 1. The van der Waals surface area contributed by atoms with Gasteiger partial charge in [0.2, 0.25) is 5.88 Å². The number of aryl methyl sites for hydroxylation is 1. The normalized spacial score (nSPS) is 10.5. The fourth-order valence-corrected chi connectivity index (χ4v) is 2.06. The van der Waals surface area contributed by atoms with Crippen LogP contribution in [0.5, 0.6) is 11.6 Å². The number of aromatic nitrogens is 1. The zero-order valence-electron chi connectivity index (χ0n) is 10.4. The predicted octanol–water partition coefficient (Wildman–Crippen LogP) is 4.24. The first-order valence-corrected chi connectivity index (χ1v) is 6.61. The van der Waals surface area contributed by atoms with Crippen LogP contribution in [0.1, 0.15) is 18.2 Å². The fraction of sp³-hybridized carbons (Fsp3) is 0.214. The van der Waals surface area contributed by atoms with Gasteiger partial charge in [0.1, 0.15) is 5.75 Å². The summed E-state index contributed by atoms with van der Waals surface area (Å²) in [4.78, 5) is 4.33. The second kappa shape index (κ2) is 6.24. The molecule has 0 radical (unpaired) electrons. The van der Waals surface area contributed by atoms with Crippen molar-refractivity contribution in [1.82, 2.24) is 4.98 Å². The maximum absolute atomic E-state index is 9.21. The topological polar surface area (TPSA) is 42.4 Å². The van der Waals surface area contributed by atoms with E-state index in [4.69, 9.17) is 27.9 Å². The Bertz CT molecular complexity index is 565. The van der Waals surface area contributed by atoms with Crippen LogP contribution < -0.4 is 4.74 Å². The maximum Gasteiger partial charge on any atom is 0.219 e. The summed E-state index contributed by atoms with van der Waals surface area (Å²) in [6, 6.07) is 8.51. The van der Waals surface area contributed by atoms with E-state index in [1.807, 2.05) is 13.0 Å². The van der Waals surface area contributed by atoms with E-state index < -0.39 is 0 Å². The first kappa shape index (κ1) is 14.1. The van der Waals surface area contributed by atoms with E-state index in [0.717, 1.165) is 17.7 Å². The highest BCUT2D eigenvalue weighted by Gasteiger charge is 2.07. The van der Waals surface area contributed by atoms with Gasteiger partial charge in [-0.3, -0.25) is 0 Å². The number of halogens is 2. The number of hydrogen-bond acceptors (Lipinski definition) is 3. The Morgan fingerprint density at radius 3 is 2.63 bits per heavy atom. The van der Waals surface area contributed by atoms with Crippen LogP contribution in [-0.2, 0) is 13.0 Å². The van der Waals surface area contributed by atoms with Gasteiger partial charge in [0, 0.05) is 16.8 Å². The second-order valence-corrected chi connectivity index (χ2v) is 4.84. The van der Waals surface area contributed by atoms with Crippen LogP contribution in [0.25, 0.3) is 0 Å². The Morgan fingerprint density at radius 1 is 1.21 bits per heavy atom. The average Bonchev–Trinajstić information content (AvgIpc) is 2.41. The first-order valence-electron chi connectivity index (χ1n) is 5.86. The molecular weight excluding hydrogens is 285 g/mol. The van der Waals surface area contributed by atoms with Gasteiger partial charge in [0.05, 0.1) is 11.6 Å². The highest BCUT2D eigenvalue weighted by atomic mass is 35.5. The van der Waals surface area contributed by atoms with Crippen molar-refractivity contribution in [3.63, 3.8) is 0 Å². The Labute approximate surface area is 121 Å². The molecule has 2 aromatic rings. The molecule has 0 saturated carbocycles. The first-order chi connectivity index (χ1) is 9.12. The lowest BCUT2D eigenvalue weighted by Crippen LogP contribution is -1.96. The van der Waals surface area contributed by atoms with E-state index in [1.165, 1.54) is 0 Å². The SMILES string of the molecule is CCc1cc(CO)cc(Oc2ccc(Cl)cc2Cl)n1. The minimum Gasteiger partial charge on any atom is -0.437 e. The van der Waals surface area contributed by atoms with E-state index in [2.05, 4.69) is 4.98 Å². The molecule has 0 unspecified atom stereocenters. The molecule has 3 nitrogen and oxygen atoms in total. The molecule has 1 aromatic carbocycles. The van der Waals surface area contributed by atoms with Gasteiger partial charge in [-0.1, -0.05) is 30.1 Å². The van der Waals surface area contributed by atoms with E-state index >= 15 is 0 Å². The molecule has 19 heavy (non-hydrogen) atoms. The van der Waals surface area contributed by atoms with Crippen LogP contribution >= 0.6 is 23.2 Å². The van der Waals surface area contributed by atoms with Gasteiger partial charge in [-0.25, -0.2) is 4.98 Å². The van der Waals surface area contributed by atoms with Gasteiger partial charge in [-0.15, -0.1) is 0 Å². The third-order valence-electron chi connectivity index (χ3n) is 2.57. The lowest BCUT2D eigenvalue weighted by molar-refractivity contribution is 0.281. The molecule has 100 valence electrons. The zero-order chi connectivity index (χ0) is 13.8. The smallest absolute Gasteiger partial charge is 0.219 e. The third kappa shape index (κ3) is 3.60. The van der Waals surface area contributed by atoms with Crippen LogP contribution in [0.2, 0.25) is 10.0 Å². The van der Waals surface area contributed by atoms with Crippen molar-refractivity contribution in [2.75, 3.05) is 0 Å². The molecular formula is C14H13Cl2NO2. The standard InChI is InChI=1S/C14H13Cl2NO2/c1-2-11-5-9(8-18)6-14(17-11)19-13-4-3-10(15)7-12(13)16/h3-7,18H,2,8H2,1H3. The molecule has 1 heterocycles. The number of rotatable bonds is 4. The van der Waals surface area contributed by atoms with E-state index in [1.54, 1.807) is 24.3 Å². The molecule has 1 aromatic heterocycles. The summed E-state index contributed by atoms with van der Waals surface area (Å²) >= 11 is 11.9. The number of hydrogen-bond donors (Lipinski definition) is 1. The Balaban J connectivity index is 2.31. The quantitative estimate of drug-likeness (QED) is 0.918. The molecule has 0 spiro atoms. The number of benzene rings is 1. The molecule has 0 atom stereocenters. The van der Waals surface area contributed by atoms with Crippen molar-refractivity contribution in [3.05, 3.63) is 51.6 Å². The molecule has 0 aliphatic carbocycles. The zero-order valence-corrected chi connectivity index (χ0v) is 11.9. The number of nitrogens with zero attached hydrogens (tertiary/aromatic N) is 1. The van der Waals surface area contributed by atoms with Gasteiger partial charge in [-0.2, -0.15) is 0 Å². The molecule has 0 bridgehead atoms. The lowest BCUT2D eigenvalue weighted by Gasteiger charge is -2.09. The van der Waals surface area contributed by atoms with E-state index in [9.17, 15) is 5.11 Å². The molecule has 0 amide bonds. The molecule has 5 heteroatoms. The molecule has 0 saturated heterocycles. The Morgan fingerprint density at radius 2 is 2.00 bits per heavy atom. The summed E-state index contributed by atoms with van der Waals surface area (Å²) in [5.74, 6) is 0.892. The summed E-state index contributed by atoms with van der Waals surface area (Å²) in [6.45, 7) is 1.93. The van der Waals surface area contributed by atoms with Crippen LogP contribution in [0, 0.1) is 0 Å². The summed E-state index contributed by atoms with van der Waals surface area (Å²) in [5.41, 5.74) is 1.61. The van der Waals surface area contributed by atoms with Crippen LogP contribution in [-0.4, -0.2) is 10.1 Å². The minimum atomic E-state index is -0.0553. The minimum absolute atomic E-state index is 0.0553. The van der Waals surface area contributed by atoms with Gasteiger partial charge >= 0.3 is 0 Å². The Kier molecular flexibility index (Phi) is 4.64. The lowest BCUT2D eigenvalue weighted by atomic mass is 10.2. The van der Waals surface area contributed by atoms with E-state index in [0.29, 0.717) is 21.7 Å². The Hall–Kier alpha value is -1.29. The average molecular weight is 298 g/mol. The molecule has 0 aliphatic rings.